The van der Waals surface area contributed by atoms with E-state index in [1.54, 1.807) is 4.90 Å². The molecule has 0 saturated carbocycles. The van der Waals surface area contributed by atoms with Crippen molar-refractivity contribution in [3.63, 3.8) is 0 Å². The van der Waals surface area contributed by atoms with Crippen molar-refractivity contribution in [3.8, 4) is 0 Å². The molecule has 4 nitrogen and oxygen atoms in total. The Hall–Kier alpha value is -1.06. The van der Waals surface area contributed by atoms with Gasteiger partial charge in [-0.15, -0.1) is 0 Å². The molecule has 0 aromatic rings. The molecular formula is C14H25NO3. The Morgan fingerprint density at radius 1 is 1.33 bits per heavy atom. The predicted octanol–water partition coefficient (Wildman–Crippen LogP) is 2.52. The van der Waals surface area contributed by atoms with Crippen LogP contribution in [0.4, 0.5) is 0 Å². The third-order valence-corrected chi connectivity index (χ3v) is 4.07. The number of carbonyl (C=O) groups is 2. The minimum Gasteiger partial charge on any atom is -0.480 e. The average molecular weight is 255 g/mol. The number of hydrogen-bond donors (Lipinski definition) is 1. The fraction of sp³-hybridized carbons (Fsp3) is 0.857. The molecule has 4 heteroatoms. The lowest BCUT2D eigenvalue weighted by molar-refractivity contribution is -0.152. The Balaban J connectivity index is 2.67. The Labute approximate surface area is 109 Å². The second-order valence-corrected chi connectivity index (χ2v) is 6.41. The molecule has 0 bridgehead atoms. The van der Waals surface area contributed by atoms with Crippen molar-refractivity contribution in [2.24, 2.45) is 11.3 Å². The van der Waals surface area contributed by atoms with Crippen LogP contribution in [0.15, 0.2) is 0 Å². The summed E-state index contributed by atoms with van der Waals surface area (Å²) in [6.45, 7) is 8.96. The van der Waals surface area contributed by atoms with Gasteiger partial charge in [-0.1, -0.05) is 27.7 Å². The van der Waals surface area contributed by atoms with Gasteiger partial charge in [-0.05, 0) is 30.6 Å². The number of likely N-dealkylation sites (tertiary alicyclic amines) is 1. The molecular weight excluding hydrogens is 230 g/mol. The minimum atomic E-state index is -0.869. The summed E-state index contributed by atoms with van der Waals surface area (Å²) in [5.74, 6) is -0.627. The topological polar surface area (TPSA) is 57.6 Å². The highest BCUT2D eigenvalue weighted by atomic mass is 16.4. The van der Waals surface area contributed by atoms with E-state index in [1.807, 2.05) is 0 Å². The minimum absolute atomic E-state index is 0.00970. The van der Waals surface area contributed by atoms with Gasteiger partial charge in [0.1, 0.15) is 6.04 Å². The van der Waals surface area contributed by atoms with E-state index in [0.29, 0.717) is 19.4 Å². The van der Waals surface area contributed by atoms with Gasteiger partial charge in [0.05, 0.1) is 0 Å². The van der Waals surface area contributed by atoms with Crippen molar-refractivity contribution in [1.29, 1.82) is 0 Å². The van der Waals surface area contributed by atoms with E-state index in [1.165, 1.54) is 0 Å². The van der Waals surface area contributed by atoms with E-state index >= 15 is 0 Å². The number of nitrogens with zero attached hydrogens (tertiary/aromatic N) is 1. The second-order valence-electron chi connectivity index (χ2n) is 6.41. The van der Waals surface area contributed by atoms with Crippen LogP contribution < -0.4 is 0 Å². The summed E-state index contributed by atoms with van der Waals surface area (Å²) in [5, 5.41) is 9.16. The summed E-state index contributed by atoms with van der Waals surface area (Å²) < 4.78 is 0. The fourth-order valence-corrected chi connectivity index (χ4v) is 2.17. The molecule has 1 heterocycles. The summed E-state index contributed by atoms with van der Waals surface area (Å²) in [7, 11) is 0. The van der Waals surface area contributed by atoms with E-state index in [2.05, 4.69) is 27.7 Å². The molecule has 0 aliphatic carbocycles. The van der Waals surface area contributed by atoms with Crippen molar-refractivity contribution < 1.29 is 14.7 Å². The summed E-state index contributed by atoms with van der Waals surface area (Å²) in [6.07, 6.45) is 2.84. The van der Waals surface area contributed by atoms with Crippen molar-refractivity contribution in [2.45, 2.75) is 59.4 Å². The van der Waals surface area contributed by atoms with Crippen LogP contribution in [0.2, 0.25) is 0 Å². The summed E-state index contributed by atoms with van der Waals surface area (Å²) in [4.78, 5) is 25.0. The van der Waals surface area contributed by atoms with Crippen molar-refractivity contribution >= 4 is 11.9 Å². The number of carboxylic acids is 1. The summed E-state index contributed by atoms with van der Waals surface area (Å²) >= 11 is 0. The van der Waals surface area contributed by atoms with Gasteiger partial charge in [-0.2, -0.15) is 0 Å². The van der Waals surface area contributed by atoms with Gasteiger partial charge in [-0.3, -0.25) is 4.79 Å². The molecule has 1 rings (SSSR count). The van der Waals surface area contributed by atoms with E-state index in [-0.39, 0.29) is 17.2 Å². The van der Waals surface area contributed by atoms with E-state index < -0.39 is 12.0 Å². The van der Waals surface area contributed by atoms with Gasteiger partial charge in [0.15, 0.2) is 0 Å². The Kier molecular flexibility index (Phi) is 4.77. The summed E-state index contributed by atoms with van der Waals surface area (Å²) in [6, 6.07) is -0.613. The number of amides is 1. The standard InChI is InChI=1S/C14H25NO3/c1-10(14(2,3)4)9-12(16)15-8-6-5-7-11(15)13(17)18/h10-11H,5-9H2,1-4H3,(H,17,18)/t10?,11-/m1/s1. The zero-order valence-electron chi connectivity index (χ0n) is 11.9. The van der Waals surface area contributed by atoms with Crippen molar-refractivity contribution in [1.82, 2.24) is 4.90 Å². The van der Waals surface area contributed by atoms with Crippen molar-refractivity contribution in [2.75, 3.05) is 6.54 Å². The Morgan fingerprint density at radius 3 is 2.44 bits per heavy atom. The second kappa shape index (κ2) is 5.72. The fourth-order valence-electron chi connectivity index (χ4n) is 2.17. The number of rotatable bonds is 3. The normalized spacial score (nSPS) is 22.7. The molecule has 1 saturated heterocycles. The van der Waals surface area contributed by atoms with Crippen LogP contribution in [-0.2, 0) is 9.59 Å². The molecule has 0 aromatic carbocycles. The van der Waals surface area contributed by atoms with Gasteiger partial charge in [-0.25, -0.2) is 4.79 Å². The molecule has 104 valence electrons. The summed E-state index contributed by atoms with van der Waals surface area (Å²) in [5.41, 5.74) is 0.0736. The van der Waals surface area contributed by atoms with Crippen LogP contribution in [0.3, 0.4) is 0 Å². The van der Waals surface area contributed by atoms with Gasteiger partial charge < -0.3 is 10.0 Å². The van der Waals surface area contributed by atoms with Crippen LogP contribution >= 0.6 is 0 Å². The van der Waals surface area contributed by atoms with Gasteiger partial charge in [0.25, 0.3) is 0 Å². The highest BCUT2D eigenvalue weighted by Gasteiger charge is 2.33. The van der Waals surface area contributed by atoms with Crippen molar-refractivity contribution in [3.05, 3.63) is 0 Å². The Morgan fingerprint density at radius 2 is 1.94 bits per heavy atom. The smallest absolute Gasteiger partial charge is 0.326 e. The molecule has 1 N–H and O–H groups in total. The molecule has 1 aliphatic rings. The molecule has 0 radical (unpaired) electrons. The van der Waals surface area contributed by atoms with Crippen LogP contribution in [0.25, 0.3) is 0 Å². The largest absolute Gasteiger partial charge is 0.480 e. The number of carboxylic acid groups (broad SMARTS) is 1. The van der Waals surface area contributed by atoms with E-state index in [9.17, 15) is 9.59 Å². The number of aliphatic carboxylic acids is 1. The molecule has 1 fully saturated rings. The van der Waals surface area contributed by atoms with Gasteiger partial charge in [0, 0.05) is 13.0 Å². The molecule has 0 aromatic heterocycles. The number of carbonyl (C=O) groups excluding carboxylic acids is 1. The maximum absolute atomic E-state index is 12.2. The Bertz CT molecular complexity index is 319. The number of hydrogen-bond acceptors (Lipinski definition) is 2. The lowest BCUT2D eigenvalue weighted by Crippen LogP contribution is -2.48. The number of piperidine rings is 1. The van der Waals surface area contributed by atoms with Crippen LogP contribution in [0.1, 0.15) is 53.4 Å². The lowest BCUT2D eigenvalue weighted by Gasteiger charge is -2.35. The first-order valence-corrected chi connectivity index (χ1v) is 6.75. The maximum Gasteiger partial charge on any atom is 0.326 e. The predicted molar refractivity (Wildman–Crippen MR) is 70.2 cm³/mol. The highest BCUT2D eigenvalue weighted by Crippen LogP contribution is 2.29. The maximum atomic E-state index is 12.2. The lowest BCUT2D eigenvalue weighted by atomic mass is 9.80. The monoisotopic (exact) mass is 255 g/mol. The quantitative estimate of drug-likeness (QED) is 0.843. The first-order chi connectivity index (χ1) is 8.23. The van der Waals surface area contributed by atoms with Gasteiger partial charge in [0.2, 0.25) is 5.91 Å². The third-order valence-electron chi connectivity index (χ3n) is 4.07. The van der Waals surface area contributed by atoms with Gasteiger partial charge >= 0.3 is 5.97 Å². The molecule has 1 aliphatic heterocycles. The highest BCUT2D eigenvalue weighted by molar-refractivity contribution is 5.84. The zero-order valence-corrected chi connectivity index (χ0v) is 11.9. The average Bonchev–Trinajstić information content (AvgIpc) is 2.27. The van der Waals surface area contributed by atoms with Crippen LogP contribution in [-0.4, -0.2) is 34.5 Å². The molecule has 2 atom stereocenters. The first-order valence-electron chi connectivity index (χ1n) is 6.75. The first kappa shape index (κ1) is 15.0. The SMILES string of the molecule is CC(CC(=O)N1CCCC[C@@H]1C(=O)O)C(C)(C)C. The zero-order chi connectivity index (χ0) is 13.9. The van der Waals surface area contributed by atoms with Crippen LogP contribution in [0.5, 0.6) is 0 Å². The molecule has 1 unspecified atom stereocenters. The van der Waals surface area contributed by atoms with Crippen LogP contribution in [0, 0.1) is 11.3 Å². The van der Waals surface area contributed by atoms with E-state index in [0.717, 1.165) is 12.8 Å². The van der Waals surface area contributed by atoms with E-state index in [4.69, 9.17) is 5.11 Å². The molecule has 18 heavy (non-hydrogen) atoms. The molecule has 0 spiro atoms. The third kappa shape index (κ3) is 3.72. The molecule has 1 amide bonds.